The predicted molar refractivity (Wildman–Crippen MR) is 103 cm³/mol. The second-order valence-electron chi connectivity index (χ2n) is 7.23. The summed E-state index contributed by atoms with van der Waals surface area (Å²) < 4.78 is 0. The van der Waals surface area contributed by atoms with E-state index in [1.54, 1.807) is 0 Å². The van der Waals surface area contributed by atoms with E-state index >= 15 is 0 Å². The lowest BCUT2D eigenvalue weighted by Crippen LogP contribution is -2.35. The van der Waals surface area contributed by atoms with E-state index in [0.29, 0.717) is 0 Å². The van der Waals surface area contributed by atoms with Crippen LogP contribution in [0, 0.1) is 20.8 Å². The normalized spacial score (nSPS) is 15.9. The lowest BCUT2D eigenvalue weighted by atomic mass is 10.0. The molecule has 0 spiro atoms. The van der Waals surface area contributed by atoms with Crippen molar-refractivity contribution in [2.24, 2.45) is 0 Å². The summed E-state index contributed by atoms with van der Waals surface area (Å²) in [6.07, 6.45) is 1.03. The monoisotopic (exact) mass is 336 g/mol. The van der Waals surface area contributed by atoms with Crippen LogP contribution in [0.15, 0.2) is 42.5 Å². The Kier molecular flexibility index (Phi) is 5.54. The summed E-state index contributed by atoms with van der Waals surface area (Å²) >= 11 is 0. The Bertz CT molecular complexity index is 736. The standard InChI is InChI=1S/C22H28N2O/c1-17-5-8-20(9-6-17)16-23-11-4-12-24(14-13-23)22(25)21-10-7-18(2)15-19(21)3/h5-10,15H,4,11-14,16H2,1-3H3. The van der Waals surface area contributed by atoms with Crippen LogP contribution in [-0.4, -0.2) is 41.9 Å². The van der Waals surface area contributed by atoms with E-state index in [2.05, 4.69) is 49.1 Å². The first-order chi connectivity index (χ1) is 12.0. The number of benzene rings is 2. The Hall–Kier alpha value is -2.13. The topological polar surface area (TPSA) is 23.6 Å². The molecule has 1 fully saturated rings. The zero-order valence-corrected chi connectivity index (χ0v) is 15.6. The van der Waals surface area contributed by atoms with Gasteiger partial charge in [-0.1, -0.05) is 47.5 Å². The first kappa shape index (κ1) is 17.7. The van der Waals surface area contributed by atoms with Crippen LogP contribution in [0.5, 0.6) is 0 Å². The van der Waals surface area contributed by atoms with Crippen LogP contribution in [0.2, 0.25) is 0 Å². The number of hydrogen-bond acceptors (Lipinski definition) is 2. The Balaban J connectivity index is 1.62. The highest BCUT2D eigenvalue weighted by Crippen LogP contribution is 2.16. The predicted octanol–water partition coefficient (Wildman–Crippen LogP) is 3.96. The average Bonchev–Trinajstić information content (AvgIpc) is 2.82. The van der Waals surface area contributed by atoms with E-state index in [-0.39, 0.29) is 5.91 Å². The first-order valence-corrected chi connectivity index (χ1v) is 9.17. The zero-order valence-electron chi connectivity index (χ0n) is 15.6. The van der Waals surface area contributed by atoms with Crippen molar-refractivity contribution in [2.75, 3.05) is 26.2 Å². The second kappa shape index (κ2) is 7.83. The summed E-state index contributed by atoms with van der Waals surface area (Å²) in [5.41, 5.74) is 5.77. The average molecular weight is 336 g/mol. The molecule has 1 aliphatic rings. The summed E-state index contributed by atoms with van der Waals surface area (Å²) in [5, 5.41) is 0. The van der Waals surface area contributed by atoms with E-state index in [4.69, 9.17) is 0 Å². The molecule has 3 heteroatoms. The summed E-state index contributed by atoms with van der Waals surface area (Å²) in [6, 6.07) is 14.8. The maximum Gasteiger partial charge on any atom is 0.254 e. The van der Waals surface area contributed by atoms with Crippen LogP contribution in [0.25, 0.3) is 0 Å². The largest absolute Gasteiger partial charge is 0.337 e. The molecule has 25 heavy (non-hydrogen) atoms. The maximum absolute atomic E-state index is 12.9. The van der Waals surface area contributed by atoms with Crippen LogP contribution in [-0.2, 0) is 6.54 Å². The lowest BCUT2D eigenvalue weighted by molar-refractivity contribution is 0.0760. The molecular weight excluding hydrogens is 308 g/mol. The third-order valence-corrected chi connectivity index (χ3v) is 5.01. The van der Waals surface area contributed by atoms with Gasteiger partial charge in [0.25, 0.3) is 5.91 Å². The van der Waals surface area contributed by atoms with Gasteiger partial charge in [-0.25, -0.2) is 0 Å². The second-order valence-corrected chi connectivity index (χ2v) is 7.23. The number of amides is 1. The molecule has 2 aromatic rings. The van der Waals surface area contributed by atoms with E-state index in [9.17, 15) is 4.79 Å². The van der Waals surface area contributed by atoms with Crippen molar-refractivity contribution in [1.29, 1.82) is 0 Å². The van der Waals surface area contributed by atoms with Gasteiger partial charge in [0, 0.05) is 38.3 Å². The van der Waals surface area contributed by atoms with E-state index in [1.807, 2.05) is 24.0 Å². The molecule has 2 aromatic carbocycles. The molecule has 3 rings (SSSR count). The molecule has 0 saturated carbocycles. The van der Waals surface area contributed by atoms with Gasteiger partial charge in [-0.2, -0.15) is 0 Å². The van der Waals surface area contributed by atoms with Crippen molar-refractivity contribution in [3.05, 3.63) is 70.3 Å². The van der Waals surface area contributed by atoms with Crippen LogP contribution in [0.1, 0.15) is 39.0 Å². The number of aryl methyl sites for hydroxylation is 3. The SMILES string of the molecule is Cc1ccc(CN2CCCN(C(=O)c3ccc(C)cc3C)CC2)cc1. The van der Waals surface area contributed by atoms with Gasteiger partial charge in [0.15, 0.2) is 0 Å². The molecule has 1 amide bonds. The first-order valence-electron chi connectivity index (χ1n) is 9.17. The molecule has 0 atom stereocenters. The molecule has 3 nitrogen and oxygen atoms in total. The molecule has 0 N–H and O–H groups in total. The highest BCUT2D eigenvalue weighted by molar-refractivity contribution is 5.95. The fourth-order valence-electron chi connectivity index (χ4n) is 3.51. The van der Waals surface area contributed by atoms with E-state index in [0.717, 1.165) is 50.3 Å². The van der Waals surface area contributed by atoms with Crippen molar-refractivity contribution in [2.45, 2.75) is 33.7 Å². The third-order valence-electron chi connectivity index (χ3n) is 5.01. The van der Waals surface area contributed by atoms with Crippen LogP contribution < -0.4 is 0 Å². The number of hydrogen-bond donors (Lipinski definition) is 0. The van der Waals surface area contributed by atoms with Gasteiger partial charge in [0.2, 0.25) is 0 Å². The summed E-state index contributed by atoms with van der Waals surface area (Å²) in [7, 11) is 0. The minimum atomic E-state index is 0.176. The molecule has 1 heterocycles. The third kappa shape index (κ3) is 4.49. The van der Waals surface area contributed by atoms with E-state index < -0.39 is 0 Å². The van der Waals surface area contributed by atoms with Gasteiger partial charge in [0.1, 0.15) is 0 Å². The van der Waals surface area contributed by atoms with Crippen molar-refractivity contribution in [3.63, 3.8) is 0 Å². The molecule has 1 aliphatic heterocycles. The number of nitrogens with zero attached hydrogens (tertiary/aromatic N) is 2. The van der Waals surface area contributed by atoms with Gasteiger partial charge in [-0.3, -0.25) is 9.69 Å². The van der Waals surface area contributed by atoms with Crippen LogP contribution >= 0.6 is 0 Å². The van der Waals surface area contributed by atoms with Crippen LogP contribution in [0.3, 0.4) is 0 Å². The maximum atomic E-state index is 12.9. The van der Waals surface area contributed by atoms with Gasteiger partial charge >= 0.3 is 0 Å². The van der Waals surface area contributed by atoms with Crippen molar-refractivity contribution < 1.29 is 4.79 Å². The molecule has 0 radical (unpaired) electrons. The Labute approximate surface area is 151 Å². The minimum Gasteiger partial charge on any atom is -0.337 e. The summed E-state index contributed by atoms with van der Waals surface area (Å²) in [4.78, 5) is 17.4. The highest BCUT2D eigenvalue weighted by atomic mass is 16.2. The van der Waals surface area contributed by atoms with Gasteiger partial charge in [-0.15, -0.1) is 0 Å². The van der Waals surface area contributed by atoms with Gasteiger partial charge < -0.3 is 4.90 Å². The van der Waals surface area contributed by atoms with Gasteiger partial charge in [0.05, 0.1) is 0 Å². The fraction of sp³-hybridized carbons (Fsp3) is 0.409. The number of carbonyl (C=O) groups is 1. The number of rotatable bonds is 3. The number of carbonyl (C=O) groups excluding carboxylic acids is 1. The molecule has 0 aromatic heterocycles. The van der Waals surface area contributed by atoms with E-state index in [1.165, 1.54) is 16.7 Å². The molecule has 0 bridgehead atoms. The molecule has 1 saturated heterocycles. The van der Waals surface area contributed by atoms with Crippen LogP contribution in [0.4, 0.5) is 0 Å². The molecule has 0 unspecified atom stereocenters. The molecular formula is C22H28N2O. The Morgan fingerprint density at radius 2 is 1.60 bits per heavy atom. The summed E-state index contributed by atoms with van der Waals surface area (Å²) in [6.45, 7) is 10.8. The quantitative estimate of drug-likeness (QED) is 0.847. The minimum absolute atomic E-state index is 0.176. The van der Waals surface area contributed by atoms with Crippen molar-refractivity contribution in [1.82, 2.24) is 9.80 Å². The van der Waals surface area contributed by atoms with Crippen molar-refractivity contribution >= 4 is 5.91 Å². The summed E-state index contributed by atoms with van der Waals surface area (Å²) in [5.74, 6) is 0.176. The Morgan fingerprint density at radius 3 is 2.32 bits per heavy atom. The highest BCUT2D eigenvalue weighted by Gasteiger charge is 2.21. The Morgan fingerprint density at radius 1 is 0.880 bits per heavy atom. The lowest BCUT2D eigenvalue weighted by Gasteiger charge is -2.23. The zero-order chi connectivity index (χ0) is 17.8. The molecule has 132 valence electrons. The van der Waals surface area contributed by atoms with Crippen molar-refractivity contribution in [3.8, 4) is 0 Å². The van der Waals surface area contributed by atoms with Gasteiger partial charge in [-0.05, 0) is 44.4 Å². The molecule has 0 aliphatic carbocycles. The smallest absolute Gasteiger partial charge is 0.254 e. The fourth-order valence-corrected chi connectivity index (χ4v) is 3.51.